The van der Waals surface area contributed by atoms with E-state index in [0.717, 1.165) is 46.1 Å². The Labute approximate surface area is 129 Å². The Hall–Kier alpha value is -0.720. The maximum atomic E-state index is 5.49. The summed E-state index contributed by atoms with van der Waals surface area (Å²) in [6.07, 6.45) is 4.95. The zero-order valence-corrected chi connectivity index (χ0v) is 13.9. The topological polar surface area (TPSA) is 56.7 Å². The third-order valence-corrected chi connectivity index (χ3v) is 4.03. The molecular formula is C13H16Br2N4. The molecule has 102 valence electrons. The van der Waals surface area contributed by atoms with Gasteiger partial charge in [-0.25, -0.2) is 4.68 Å². The second kappa shape index (κ2) is 6.63. The van der Waals surface area contributed by atoms with Gasteiger partial charge in [-0.1, -0.05) is 5.21 Å². The van der Waals surface area contributed by atoms with Gasteiger partial charge in [0.25, 0.3) is 0 Å². The number of hydrogen-bond donors (Lipinski definition) is 1. The van der Waals surface area contributed by atoms with Gasteiger partial charge in [0.1, 0.15) is 0 Å². The second-order valence-corrected chi connectivity index (χ2v) is 6.19. The molecule has 0 fully saturated rings. The SMILES string of the molecule is Cc1cc(Br)c(-n2cc(CCCCN)nn2)c(Br)c1. The third kappa shape index (κ3) is 3.64. The van der Waals surface area contributed by atoms with Crippen LogP contribution >= 0.6 is 31.9 Å². The van der Waals surface area contributed by atoms with Crippen molar-refractivity contribution < 1.29 is 0 Å². The Morgan fingerprint density at radius 1 is 1.21 bits per heavy atom. The normalized spacial score (nSPS) is 10.9. The lowest BCUT2D eigenvalue weighted by Crippen LogP contribution is -1.99. The fraction of sp³-hybridized carbons (Fsp3) is 0.385. The minimum Gasteiger partial charge on any atom is -0.330 e. The summed E-state index contributed by atoms with van der Waals surface area (Å²) >= 11 is 7.15. The van der Waals surface area contributed by atoms with Crippen molar-refractivity contribution in [1.29, 1.82) is 0 Å². The zero-order chi connectivity index (χ0) is 13.8. The van der Waals surface area contributed by atoms with Crippen LogP contribution in [-0.2, 0) is 6.42 Å². The van der Waals surface area contributed by atoms with E-state index in [1.54, 1.807) is 4.68 Å². The summed E-state index contributed by atoms with van der Waals surface area (Å²) in [5.41, 5.74) is 8.64. The molecule has 2 aromatic rings. The number of nitrogens with two attached hydrogens (primary N) is 1. The lowest BCUT2D eigenvalue weighted by molar-refractivity contribution is 0.727. The van der Waals surface area contributed by atoms with Gasteiger partial charge in [0, 0.05) is 8.95 Å². The lowest BCUT2D eigenvalue weighted by atomic mass is 10.2. The molecule has 1 heterocycles. The molecule has 1 aromatic heterocycles. The maximum absolute atomic E-state index is 5.49. The van der Waals surface area contributed by atoms with Gasteiger partial charge in [-0.05, 0) is 82.3 Å². The first-order chi connectivity index (χ1) is 9.11. The number of hydrogen-bond acceptors (Lipinski definition) is 3. The fourth-order valence-corrected chi connectivity index (χ4v) is 3.66. The van der Waals surface area contributed by atoms with E-state index in [2.05, 4.69) is 61.2 Å². The average Bonchev–Trinajstić information content (AvgIpc) is 2.76. The van der Waals surface area contributed by atoms with E-state index in [4.69, 9.17) is 5.73 Å². The first-order valence-corrected chi connectivity index (χ1v) is 7.77. The molecule has 0 bridgehead atoms. The van der Waals surface area contributed by atoms with Gasteiger partial charge in [-0.15, -0.1) is 5.10 Å². The van der Waals surface area contributed by atoms with Crippen molar-refractivity contribution in [2.75, 3.05) is 6.54 Å². The summed E-state index contributed by atoms with van der Waals surface area (Å²) in [5, 5.41) is 8.39. The molecule has 19 heavy (non-hydrogen) atoms. The number of aromatic nitrogens is 3. The third-order valence-electron chi connectivity index (χ3n) is 2.82. The van der Waals surface area contributed by atoms with Crippen LogP contribution in [0.25, 0.3) is 5.69 Å². The predicted molar refractivity (Wildman–Crippen MR) is 83.5 cm³/mol. The van der Waals surface area contributed by atoms with Gasteiger partial charge >= 0.3 is 0 Å². The van der Waals surface area contributed by atoms with Crippen LogP contribution in [0, 0.1) is 6.92 Å². The monoisotopic (exact) mass is 386 g/mol. The highest BCUT2D eigenvalue weighted by Crippen LogP contribution is 2.30. The van der Waals surface area contributed by atoms with Gasteiger partial charge in [-0.2, -0.15) is 0 Å². The van der Waals surface area contributed by atoms with Crippen molar-refractivity contribution in [3.63, 3.8) is 0 Å². The molecule has 0 aliphatic rings. The molecule has 2 rings (SSSR count). The van der Waals surface area contributed by atoms with Crippen molar-refractivity contribution in [3.05, 3.63) is 38.5 Å². The highest BCUT2D eigenvalue weighted by atomic mass is 79.9. The molecule has 2 N–H and O–H groups in total. The lowest BCUT2D eigenvalue weighted by Gasteiger charge is -2.07. The largest absolute Gasteiger partial charge is 0.330 e. The van der Waals surface area contributed by atoms with Gasteiger partial charge < -0.3 is 5.73 Å². The first-order valence-electron chi connectivity index (χ1n) is 6.19. The van der Waals surface area contributed by atoms with E-state index in [9.17, 15) is 0 Å². The molecule has 0 aliphatic heterocycles. The van der Waals surface area contributed by atoms with E-state index in [1.165, 1.54) is 5.56 Å². The van der Waals surface area contributed by atoms with E-state index < -0.39 is 0 Å². The quantitative estimate of drug-likeness (QED) is 0.800. The molecule has 6 heteroatoms. The molecular weight excluding hydrogens is 372 g/mol. The number of benzene rings is 1. The zero-order valence-electron chi connectivity index (χ0n) is 10.7. The van der Waals surface area contributed by atoms with E-state index >= 15 is 0 Å². The molecule has 0 aliphatic carbocycles. The van der Waals surface area contributed by atoms with Crippen LogP contribution < -0.4 is 5.73 Å². The molecule has 0 atom stereocenters. The Morgan fingerprint density at radius 2 is 1.89 bits per heavy atom. The van der Waals surface area contributed by atoms with E-state index in [-0.39, 0.29) is 0 Å². The first kappa shape index (κ1) is 14.7. The van der Waals surface area contributed by atoms with Gasteiger partial charge in [-0.3, -0.25) is 0 Å². The van der Waals surface area contributed by atoms with Crippen molar-refractivity contribution >= 4 is 31.9 Å². The summed E-state index contributed by atoms with van der Waals surface area (Å²) in [4.78, 5) is 0. The van der Waals surface area contributed by atoms with Crippen LogP contribution in [0.5, 0.6) is 0 Å². The van der Waals surface area contributed by atoms with Crippen LogP contribution in [0.2, 0.25) is 0 Å². The molecule has 4 nitrogen and oxygen atoms in total. The summed E-state index contributed by atoms with van der Waals surface area (Å²) < 4.78 is 3.79. The summed E-state index contributed by atoms with van der Waals surface area (Å²) in [6.45, 7) is 2.78. The van der Waals surface area contributed by atoms with E-state index in [0.29, 0.717) is 0 Å². The molecule has 0 spiro atoms. The number of unbranched alkanes of at least 4 members (excludes halogenated alkanes) is 1. The van der Waals surface area contributed by atoms with Crippen molar-refractivity contribution in [2.24, 2.45) is 5.73 Å². The Morgan fingerprint density at radius 3 is 2.53 bits per heavy atom. The van der Waals surface area contributed by atoms with Gasteiger partial charge in [0.2, 0.25) is 0 Å². The van der Waals surface area contributed by atoms with Crippen LogP contribution in [-0.4, -0.2) is 21.5 Å². The summed E-state index contributed by atoms with van der Waals surface area (Å²) in [5.74, 6) is 0. The number of rotatable bonds is 5. The van der Waals surface area contributed by atoms with Crippen molar-refractivity contribution in [2.45, 2.75) is 26.2 Å². The minimum absolute atomic E-state index is 0.725. The van der Waals surface area contributed by atoms with Gasteiger partial charge in [0.05, 0.1) is 17.6 Å². The smallest absolute Gasteiger partial charge is 0.0947 e. The second-order valence-electron chi connectivity index (χ2n) is 4.48. The minimum atomic E-state index is 0.725. The standard InChI is InChI=1S/C13H16Br2N4/c1-9-6-11(14)13(12(15)7-9)19-8-10(17-18-19)4-2-3-5-16/h6-8H,2-5,16H2,1H3. The molecule has 0 unspecified atom stereocenters. The molecule has 0 saturated heterocycles. The predicted octanol–water partition coefficient (Wildman–Crippen LogP) is 3.38. The molecule has 0 radical (unpaired) electrons. The summed E-state index contributed by atoms with van der Waals surface area (Å²) in [7, 11) is 0. The van der Waals surface area contributed by atoms with Crippen LogP contribution in [0.1, 0.15) is 24.1 Å². The summed E-state index contributed by atoms with van der Waals surface area (Å²) in [6, 6.07) is 4.13. The number of aryl methyl sites for hydroxylation is 2. The Kier molecular flexibility index (Phi) is 5.13. The Balaban J connectivity index is 2.23. The molecule has 0 saturated carbocycles. The maximum Gasteiger partial charge on any atom is 0.0947 e. The average molecular weight is 388 g/mol. The van der Waals surface area contributed by atoms with Crippen LogP contribution in [0.15, 0.2) is 27.3 Å². The van der Waals surface area contributed by atoms with E-state index in [1.807, 2.05) is 6.20 Å². The van der Waals surface area contributed by atoms with Crippen LogP contribution in [0.3, 0.4) is 0 Å². The van der Waals surface area contributed by atoms with Crippen LogP contribution in [0.4, 0.5) is 0 Å². The van der Waals surface area contributed by atoms with Gasteiger partial charge in [0.15, 0.2) is 0 Å². The molecule has 1 aromatic carbocycles. The Bertz CT molecular complexity index is 543. The number of nitrogens with zero attached hydrogens (tertiary/aromatic N) is 3. The highest BCUT2D eigenvalue weighted by Gasteiger charge is 2.11. The van der Waals surface area contributed by atoms with Crippen molar-refractivity contribution in [3.8, 4) is 5.69 Å². The van der Waals surface area contributed by atoms with Crippen molar-refractivity contribution in [1.82, 2.24) is 15.0 Å². The highest BCUT2D eigenvalue weighted by molar-refractivity contribution is 9.11. The molecule has 0 amide bonds. The number of halogens is 2. The fourth-order valence-electron chi connectivity index (χ4n) is 1.88.